The first-order valence-corrected chi connectivity index (χ1v) is 5.69. The fourth-order valence-electron chi connectivity index (χ4n) is 1.51. The summed E-state index contributed by atoms with van der Waals surface area (Å²) in [5.41, 5.74) is 1.28. The molecule has 0 aliphatic heterocycles. The van der Waals surface area contributed by atoms with Gasteiger partial charge in [-0.1, -0.05) is 17.7 Å². The van der Waals surface area contributed by atoms with E-state index in [2.05, 4.69) is 10.4 Å². The smallest absolute Gasteiger partial charge is 0.145 e. The number of nitrogens with zero attached hydrogens (tertiary/aromatic N) is 4. The van der Waals surface area contributed by atoms with Crippen molar-refractivity contribution in [2.24, 2.45) is 0 Å². The van der Waals surface area contributed by atoms with Crippen LogP contribution in [0.4, 0.5) is 5.69 Å². The highest BCUT2D eigenvalue weighted by molar-refractivity contribution is 6.33. The standard InChI is InChI=1S/C13H8ClN5/c14-11-3-1-4-12(17-9-10(7-15)8-16)13(11)19-6-2-5-18-19/h1-6,9,17H. The Balaban J connectivity index is 2.43. The molecule has 0 bridgehead atoms. The van der Waals surface area contributed by atoms with E-state index in [1.165, 1.54) is 6.20 Å². The zero-order chi connectivity index (χ0) is 13.7. The summed E-state index contributed by atoms with van der Waals surface area (Å²) in [5, 5.41) is 24.9. The van der Waals surface area contributed by atoms with Crippen LogP contribution in [0.3, 0.4) is 0 Å². The number of halogens is 1. The van der Waals surface area contributed by atoms with Crippen LogP contribution in [0.25, 0.3) is 5.69 Å². The quantitative estimate of drug-likeness (QED) is 0.869. The molecule has 2 rings (SSSR count). The number of nitriles is 2. The summed E-state index contributed by atoms with van der Waals surface area (Å²) in [6, 6.07) is 10.6. The van der Waals surface area contributed by atoms with Crippen LogP contribution >= 0.6 is 11.6 Å². The highest BCUT2D eigenvalue weighted by atomic mass is 35.5. The Hall–Kier alpha value is -2.76. The fraction of sp³-hybridized carbons (Fsp3) is 0. The number of nitrogens with one attached hydrogen (secondary N) is 1. The Morgan fingerprint density at radius 1 is 1.32 bits per heavy atom. The van der Waals surface area contributed by atoms with Gasteiger partial charge in [-0.25, -0.2) is 4.68 Å². The summed E-state index contributed by atoms with van der Waals surface area (Å²) in [4.78, 5) is 0. The highest BCUT2D eigenvalue weighted by Crippen LogP contribution is 2.28. The number of allylic oxidation sites excluding steroid dienone is 1. The lowest BCUT2D eigenvalue weighted by Crippen LogP contribution is -2.01. The molecule has 0 unspecified atom stereocenters. The van der Waals surface area contributed by atoms with Gasteiger partial charge in [-0.2, -0.15) is 15.6 Å². The summed E-state index contributed by atoms with van der Waals surface area (Å²) < 4.78 is 1.61. The number of anilines is 1. The van der Waals surface area contributed by atoms with E-state index in [0.29, 0.717) is 16.4 Å². The largest absolute Gasteiger partial charge is 0.358 e. The first-order valence-electron chi connectivity index (χ1n) is 5.31. The summed E-state index contributed by atoms with van der Waals surface area (Å²) >= 11 is 6.15. The summed E-state index contributed by atoms with van der Waals surface area (Å²) in [6.45, 7) is 0. The second-order valence-electron chi connectivity index (χ2n) is 3.51. The van der Waals surface area contributed by atoms with Crippen LogP contribution in [0.1, 0.15) is 0 Å². The van der Waals surface area contributed by atoms with Crippen LogP contribution < -0.4 is 5.32 Å². The maximum absolute atomic E-state index is 8.69. The van der Waals surface area contributed by atoms with Gasteiger partial charge in [-0.05, 0) is 18.2 Å². The lowest BCUT2D eigenvalue weighted by Gasteiger charge is -2.11. The van der Waals surface area contributed by atoms with Crippen molar-refractivity contribution in [3.05, 3.63) is 53.5 Å². The van der Waals surface area contributed by atoms with Gasteiger partial charge < -0.3 is 5.32 Å². The molecular weight excluding hydrogens is 262 g/mol. The third-order valence-corrected chi connectivity index (χ3v) is 2.64. The molecule has 1 aromatic carbocycles. The maximum atomic E-state index is 8.69. The van der Waals surface area contributed by atoms with Crippen molar-refractivity contribution >= 4 is 17.3 Å². The van der Waals surface area contributed by atoms with Gasteiger partial charge in [0.05, 0.1) is 10.7 Å². The second-order valence-corrected chi connectivity index (χ2v) is 3.92. The van der Waals surface area contributed by atoms with E-state index < -0.39 is 0 Å². The minimum atomic E-state index is -0.0219. The Labute approximate surface area is 115 Å². The molecule has 0 radical (unpaired) electrons. The molecule has 19 heavy (non-hydrogen) atoms. The van der Waals surface area contributed by atoms with Crippen molar-refractivity contribution in [1.29, 1.82) is 10.5 Å². The SMILES string of the molecule is N#CC(C#N)=CNc1cccc(Cl)c1-n1cccn1. The first kappa shape index (κ1) is 12.7. The molecule has 6 heteroatoms. The van der Waals surface area contributed by atoms with Crippen molar-refractivity contribution in [2.75, 3.05) is 5.32 Å². The van der Waals surface area contributed by atoms with Crippen molar-refractivity contribution in [1.82, 2.24) is 9.78 Å². The minimum absolute atomic E-state index is 0.0219. The van der Waals surface area contributed by atoms with Gasteiger partial charge in [0.2, 0.25) is 0 Å². The van der Waals surface area contributed by atoms with Crippen LogP contribution in [0.5, 0.6) is 0 Å². The van der Waals surface area contributed by atoms with E-state index in [0.717, 1.165) is 0 Å². The number of hydrogen-bond donors (Lipinski definition) is 1. The fourth-order valence-corrected chi connectivity index (χ4v) is 1.77. The summed E-state index contributed by atoms with van der Waals surface area (Å²) in [6.07, 6.45) is 4.73. The third-order valence-electron chi connectivity index (χ3n) is 2.33. The van der Waals surface area contributed by atoms with Crippen LogP contribution in [-0.2, 0) is 0 Å². The first-order chi connectivity index (χ1) is 9.26. The molecule has 0 atom stereocenters. The van der Waals surface area contributed by atoms with E-state index in [1.807, 2.05) is 0 Å². The Bertz CT molecular complexity index is 673. The van der Waals surface area contributed by atoms with E-state index >= 15 is 0 Å². The molecule has 1 aromatic heterocycles. The van der Waals surface area contributed by atoms with E-state index in [4.69, 9.17) is 22.1 Å². The van der Waals surface area contributed by atoms with Gasteiger partial charge in [-0.15, -0.1) is 0 Å². The average molecular weight is 270 g/mol. The van der Waals surface area contributed by atoms with Crippen molar-refractivity contribution in [3.8, 4) is 17.8 Å². The van der Waals surface area contributed by atoms with Crippen LogP contribution in [0.15, 0.2) is 48.4 Å². The third kappa shape index (κ3) is 2.74. The Morgan fingerprint density at radius 2 is 2.11 bits per heavy atom. The molecule has 0 saturated heterocycles. The van der Waals surface area contributed by atoms with Crippen molar-refractivity contribution < 1.29 is 0 Å². The molecule has 1 N–H and O–H groups in total. The molecule has 0 aliphatic carbocycles. The van der Waals surface area contributed by atoms with E-state index in [9.17, 15) is 0 Å². The number of rotatable bonds is 3. The van der Waals surface area contributed by atoms with Gasteiger partial charge in [0, 0.05) is 18.6 Å². The van der Waals surface area contributed by atoms with Gasteiger partial charge in [0.25, 0.3) is 0 Å². The van der Waals surface area contributed by atoms with Crippen LogP contribution in [0, 0.1) is 22.7 Å². The molecule has 2 aromatic rings. The lowest BCUT2D eigenvalue weighted by molar-refractivity contribution is 0.882. The monoisotopic (exact) mass is 269 g/mol. The molecule has 0 spiro atoms. The zero-order valence-corrected chi connectivity index (χ0v) is 10.5. The number of aromatic nitrogens is 2. The second kappa shape index (κ2) is 5.72. The Morgan fingerprint density at radius 3 is 2.74 bits per heavy atom. The number of benzene rings is 1. The predicted molar refractivity (Wildman–Crippen MR) is 71.5 cm³/mol. The molecule has 0 amide bonds. The Kier molecular flexibility index (Phi) is 3.82. The molecule has 0 aliphatic rings. The predicted octanol–water partition coefficient (Wildman–Crippen LogP) is 2.87. The molecule has 0 fully saturated rings. The van der Waals surface area contributed by atoms with E-state index in [1.54, 1.807) is 53.5 Å². The molecule has 1 heterocycles. The van der Waals surface area contributed by atoms with Gasteiger partial charge >= 0.3 is 0 Å². The zero-order valence-electron chi connectivity index (χ0n) is 9.71. The van der Waals surface area contributed by atoms with Gasteiger partial charge in [0.15, 0.2) is 0 Å². The highest BCUT2D eigenvalue weighted by Gasteiger charge is 2.08. The number of para-hydroxylation sites is 1. The summed E-state index contributed by atoms with van der Waals surface area (Å²) in [5.74, 6) is 0. The van der Waals surface area contributed by atoms with Crippen molar-refractivity contribution in [2.45, 2.75) is 0 Å². The maximum Gasteiger partial charge on any atom is 0.145 e. The van der Waals surface area contributed by atoms with Crippen LogP contribution in [-0.4, -0.2) is 9.78 Å². The van der Waals surface area contributed by atoms with Gasteiger partial charge in [0.1, 0.15) is 23.4 Å². The molecular formula is C13H8ClN5. The lowest BCUT2D eigenvalue weighted by atomic mass is 10.2. The van der Waals surface area contributed by atoms with Crippen LogP contribution in [0.2, 0.25) is 5.02 Å². The molecule has 5 nitrogen and oxygen atoms in total. The topological polar surface area (TPSA) is 77.4 Å². The summed E-state index contributed by atoms with van der Waals surface area (Å²) in [7, 11) is 0. The van der Waals surface area contributed by atoms with E-state index in [-0.39, 0.29) is 5.57 Å². The van der Waals surface area contributed by atoms with Gasteiger partial charge in [-0.3, -0.25) is 0 Å². The van der Waals surface area contributed by atoms with Crippen molar-refractivity contribution in [3.63, 3.8) is 0 Å². The normalized spacial score (nSPS) is 9.21. The average Bonchev–Trinajstić information content (AvgIpc) is 2.93. The minimum Gasteiger partial charge on any atom is -0.358 e. The number of hydrogen-bond acceptors (Lipinski definition) is 4. The molecule has 0 saturated carbocycles. The molecule has 92 valence electrons.